The van der Waals surface area contributed by atoms with Gasteiger partial charge in [0.1, 0.15) is 6.04 Å². The van der Waals surface area contributed by atoms with Gasteiger partial charge in [-0.25, -0.2) is 0 Å². The van der Waals surface area contributed by atoms with Crippen molar-refractivity contribution >= 4 is 5.91 Å². The Labute approximate surface area is 102 Å². The van der Waals surface area contributed by atoms with Crippen molar-refractivity contribution in [2.75, 3.05) is 13.2 Å². The Morgan fingerprint density at radius 3 is 2.29 bits per heavy atom. The number of hydrogen-bond acceptors (Lipinski definition) is 5. The number of aliphatic hydroxyl groups excluding tert-OH is 1. The second kappa shape index (κ2) is 8.41. The lowest BCUT2D eigenvalue weighted by molar-refractivity contribution is -0.159. The van der Waals surface area contributed by atoms with Crippen molar-refractivity contribution in [2.45, 2.75) is 52.2 Å². The zero-order valence-corrected chi connectivity index (χ0v) is 11.0. The van der Waals surface area contributed by atoms with Crippen molar-refractivity contribution < 1.29 is 19.4 Å². The van der Waals surface area contributed by atoms with Gasteiger partial charge >= 0.3 is 0 Å². The summed E-state index contributed by atoms with van der Waals surface area (Å²) < 4.78 is 10.6. The van der Waals surface area contributed by atoms with Crippen molar-refractivity contribution in [3.8, 4) is 0 Å². The van der Waals surface area contributed by atoms with Gasteiger partial charge in [0, 0.05) is 0 Å². The van der Waals surface area contributed by atoms with Crippen LogP contribution in [0.1, 0.15) is 27.7 Å². The molecule has 0 aromatic heterocycles. The number of carbonyl (C=O) groups excluding carboxylic acids is 1. The molecule has 6 nitrogen and oxygen atoms in total. The summed E-state index contributed by atoms with van der Waals surface area (Å²) in [5.74, 6) is -0.353. The zero-order chi connectivity index (χ0) is 13.4. The number of aliphatic hydroxyl groups is 1. The van der Waals surface area contributed by atoms with Crippen LogP contribution in [0, 0.1) is 0 Å². The van der Waals surface area contributed by atoms with Crippen LogP contribution in [0.3, 0.4) is 0 Å². The number of nitrogens with one attached hydrogen (secondary N) is 1. The topological polar surface area (TPSA) is 93.8 Å². The first-order valence-corrected chi connectivity index (χ1v) is 5.81. The summed E-state index contributed by atoms with van der Waals surface area (Å²) in [4.78, 5) is 11.2. The van der Waals surface area contributed by atoms with Crippen LogP contribution in [0.25, 0.3) is 0 Å². The molecule has 2 unspecified atom stereocenters. The highest BCUT2D eigenvalue weighted by molar-refractivity contribution is 5.78. The van der Waals surface area contributed by atoms with E-state index in [0.29, 0.717) is 0 Å². The monoisotopic (exact) mass is 248 g/mol. The second-order valence-corrected chi connectivity index (χ2v) is 4.34. The summed E-state index contributed by atoms with van der Waals surface area (Å²) in [5, 5.41) is 12.3. The maximum atomic E-state index is 11.2. The number of rotatable bonds is 8. The van der Waals surface area contributed by atoms with Crippen molar-refractivity contribution in [3.63, 3.8) is 0 Å². The van der Waals surface area contributed by atoms with Crippen molar-refractivity contribution in [1.29, 1.82) is 0 Å². The van der Waals surface area contributed by atoms with Crippen molar-refractivity contribution in [2.24, 2.45) is 5.73 Å². The minimum atomic E-state index is -1.11. The van der Waals surface area contributed by atoms with Gasteiger partial charge in [0.15, 0.2) is 6.29 Å². The molecule has 2 atom stereocenters. The third-order valence-electron chi connectivity index (χ3n) is 1.90. The third kappa shape index (κ3) is 8.09. The van der Waals surface area contributed by atoms with Gasteiger partial charge in [-0.1, -0.05) is 0 Å². The standard InChI is InChI=1S/C11H24N2O4/c1-7(2)16-6-9(13-10(14)5-12)11(15)17-8(3)4/h7-9,11,15H,5-6,12H2,1-4H3,(H,13,14). The normalized spacial score (nSPS) is 15.1. The summed E-state index contributed by atoms with van der Waals surface area (Å²) in [6, 6.07) is -0.615. The van der Waals surface area contributed by atoms with Crippen molar-refractivity contribution in [1.82, 2.24) is 5.32 Å². The molecule has 0 radical (unpaired) electrons. The summed E-state index contributed by atoms with van der Waals surface area (Å²) in [7, 11) is 0. The number of carbonyl (C=O) groups is 1. The molecule has 102 valence electrons. The van der Waals surface area contributed by atoms with Crippen LogP contribution in [-0.2, 0) is 14.3 Å². The minimum Gasteiger partial charge on any atom is -0.376 e. The lowest BCUT2D eigenvalue weighted by Gasteiger charge is -2.26. The minimum absolute atomic E-state index is 0.0125. The quantitative estimate of drug-likeness (QED) is 0.508. The largest absolute Gasteiger partial charge is 0.376 e. The molecule has 0 aliphatic carbocycles. The van der Waals surface area contributed by atoms with Crippen molar-refractivity contribution in [3.05, 3.63) is 0 Å². The van der Waals surface area contributed by atoms with Gasteiger partial charge in [-0.3, -0.25) is 4.79 Å². The van der Waals surface area contributed by atoms with Gasteiger partial charge in [-0.15, -0.1) is 0 Å². The summed E-state index contributed by atoms with van der Waals surface area (Å²) in [6.45, 7) is 7.39. The highest BCUT2D eigenvalue weighted by Gasteiger charge is 2.23. The molecule has 0 rings (SSSR count). The van der Waals surface area contributed by atoms with Gasteiger partial charge in [-0.05, 0) is 27.7 Å². The van der Waals surface area contributed by atoms with Crippen LogP contribution in [-0.4, -0.2) is 48.7 Å². The predicted octanol–water partition coefficient (Wildman–Crippen LogP) is -0.402. The van der Waals surface area contributed by atoms with Gasteiger partial charge in [-0.2, -0.15) is 0 Å². The second-order valence-electron chi connectivity index (χ2n) is 4.34. The summed E-state index contributed by atoms with van der Waals surface area (Å²) >= 11 is 0. The molecule has 0 aromatic rings. The molecular formula is C11H24N2O4. The Kier molecular flexibility index (Phi) is 8.07. The van der Waals surface area contributed by atoms with Gasteiger partial charge < -0.3 is 25.6 Å². The van der Waals surface area contributed by atoms with Crippen LogP contribution in [0.15, 0.2) is 0 Å². The number of amides is 1. The number of hydrogen-bond donors (Lipinski definition) is 3. The summed E-state index contributed by atoms with van der Waals surface area (Å²) in [5.41, 5.74) is 5.20. The van der Waals surface area contributed by atoms with Gasteiger partial charge in [0.2, 0.25) is 5.91 Å². The predicted molar refractivity (Wildman–Crippen MR) is 64.3 cm³/mol. The molecule has 4 N–H and O–H groups in total. The highest BCUT2D eigenvalue weighted by Crippen LogP contribution is 2.03. The maximum absolute atomic E-state index is 11.2. The molecule has 0 saturated carbocycles. The Balaban J connectivity index is 4.32. The molecule has 0 bridgehead atoms. The molecule has 0 aliphatic rings. The smallest absolute Gasteiger partial charge is 0.234 e. The van der Waals surface area contributed by atoms with E-state index in [1.165, 1.54) is 0 Å². The van der Waals surface area contributed by atoms with E-state index in [-0.39, 0.29) is 31.3 Å². The molecule has 6 heteroatoms. The Bertz CT molecular complexity index is 222. The van der Waals surface area contributed by atoms with E-state index >= 15 is 0 Å². The molecule has 0 aromatic carbocycles. The number of ether oxygens (including phenoxy) is 2. The van der Waals surface area contributed by atoms with Crippen LogP contribution in [0.2, 0.25) is 0 Å². The van der Waals surface area contributed by atoms with Crippen LogP contribution >= 0.6 is 0 Å². The van der Waals surface area contributed by atoms with E-state index in [9.17, 15) is 9.90 Å². The fourth-order valence-corrected chi connectivity index (χ4v) is 1.13. The molecular weight excluding hydrogens is 224 g/mol. The van der Waals surface area contributed by atoms with E-state index in [4.69, 9.17) is 15.2 Å². The van der Waals surface area contributed by atoms with Gasteiger partial charge in [0.25, 0.3) is 0 Å². The first-order valence-electron chi connectivity index (χ1n) is 5.81. The average molecular weight is 248 g/mol. The molecule has 0 heterocycles. The van der Waals surface area contributed by atoms with Gasteiger partial charge in [0.05, 0.1) is 25.4 Å². The molecule has 0 aliphatic heterocycles. The van der Waals surface area contributed by atoms with E-state index in [0.717, 1.165) is 0 Å². The number of nitrogens with two attached hydrogens (primary N) is 1. The molecule has 0 fully saturated rings. The van der Waals surface area contributed by atoms with E-state index < -0.39 is 12.3 Å². The lowest BCUT2D eigenvalue weighted by Crippen LogP contribution is -2.50. The first kappa shape index (κ1) is 16.3. The lowest BCUT2D eigenvalue weighted by atomic mass is 10.3. The fourth-order valence-electron chi connectivity index (χ4n) is 1.13. The Morgan fingerprint density at radius 2 is 1.88 bits per heavy atom. The molecule has 1 amide bonds. The van der Waals surface area contributed by atoms with Crippen LogP contribution in [0.4, 0.5) is 0 Å². The van der Waals surface area contributed by atoms with E-state index in [2.05, 4.69) is 5.32 Å². The molecule has 0 spiro atoms. The van der Waals surface area contributed by atoms with E-state index in [1.54, 1.807) is 13.8 Å². The Morgan fingerprint density at radius 1 is 1.29 bits per heavy atom. The van der Waals surface area contributed by atoms with Crippen LogP contribution < -0.4 is 11.1 Å². The Hall–Kier alpha value is -0.690. The maximum Gasteiger partial charge on any atom is 0.234 e. The SMILES string of the molecule is CC(C)OCC(NC(=O)CN)C(O)OC(C)C. The molecule has 17 heavy (non-hydrogen) atoms. The third-order valence-corrected chi connectivity index (χ3v) is 1.90. The highest BCUT2D eigenvalue weighted by atomic mass is 16.6. The van der Waals surface area contributed by atoms with Crippen LogP contribution in [0.5, 0.6) is 0 Å². The first-order chi connectivity index (χ1) is 7.86. The fraction of sp³-hybridized carbons (Fsp3) is 0.909. The average Bonchev–Trinajstić information content (AvgIpc) is 2.22. The molecule has 0 saturated heterocycles. The zero-order valence-electron chi connectivity index (χ0n) is 11.0. The van der Waals surface area contributed by atoms with E-state index in [1.807, 2.05) is 13.8 Å². The summed E-state index contributed by atoms with van der Waals surface area (Å²) in [6.07, 6.45) is -1.23.